The Hall–Kier alpha value is -2.03. The summed E-state index contributed by atoms with van der Waals surface area (Å²) in [5.74, 6) is -0.308. The molecule has 0 atom stereocenters. The van der Waals surface area contributed by atoms with Gasteiger partial charge in [-0.1, -0.05) is 23.8 Å². The van der Waals surface area contributed by atoms with E-state index < -0.39 is 0 Å². The number of hydrogen-bond acceptors (Lipinski definition) is 2. The molecule has 0 unspecified atom stereocenters. The molecule has 2 rings (SSSR count). The maximum atomic E-state index is 11.5. The van der Waals surface area contributed by atoms with Crippen molar-refractivity contribution in [1.82, 2.24) is 4.98 Å². The van der Waals surface area contributed by atoms with E-state index in [1.165, 1.54) is 12.7 Å². The van der Waals surface area contributed by atoms with Gasteiger partial charge in [-0.25, -0.2) is 4.79 Å². The monoisotopic (exact) mass is 229 g/mol. The molecular formula is C14H15NO2. The van der Waals surface area contributed by atoms with Crippen molar-refractivity contribution < 1.29 is 9.53 Å². The second kappa shape index (κ2) is 4.45. The van der Waals surface area contributed by atoms with Crippen LogP contribution in [0.1, 0.15) is 21.6 Å². The molecule has 88 valence electrons. The fraction of sp³-hybridized carbons (Fsp3) is 0.214. The Morgan fingerprint density at radius 1 is 1.24 bits per heavy atom. The van der Waals surface area contributed by atoms with Crippen LogP contribution in [0.3, 0.4) is 0 Å². The topological polar surface area (TPSA) is 42.1 Å². The molecule has 2 aromatic rings. The zero-order valence-electron chi connectivity index (χ0n) is 10.2. The first kappa shape index (κ1) is 11.5. The first-order valence-electron chi connectivity index (χ1n) is 5.47. The number of carbonyl (C=O) groups is 1. The van der Waals surface area contributed by atoms with Crippen LogP contribution in [-0.2, 0) is 4.74 Å². The summed E-state index contributed by atoms with van der Waals surface area (Å²) in [7, 11) is 1.39. The molecule has 0 aliphatic rings. The molecular weight excluding hydrogens is 214 g/mol. The molecule has 0 radical (unpaired) electrons. The van der Waals surface area contributed by atoms with E-state index >= 15 is 0 Å². The summed E-state index contributed by atoms with van der Waals surface area (Å²) in [4.78, 5) is 14.7. The van der Waals surface area contributed by atoms with Crippen molar-refractivity contribution in [2.75, 3.05) is 7.11 Å². The number of methoxy groups -OCH3 is 1. The van der Waals surface area contributed by atoms with Gasteiger partial charge in [-0.3, -0.25) is 0 Å². The molecule has 0 aliphatic carbocycles. The lowest BCUT2D eigenvalue weighted by molar-refractivity contribution is 0.0600. The number of carbonyl (C=O) groups excluding carboxylic acids is 1. The first-order chi connectivity index (χ1) is 8.11. The van der Waals surface area contributed by atoms with Crippen LogP contribution in [0.25, 0.3) is 11.3 Å². The minimum Gasteiger partial charge on any atom is -0.465 e. The van der Waals surface area contributed by atoms with Crippen LogP contribution < -0.4 is 0 Å². The average Bonchev–Trinajstić information content (AvgIpc) is 2.70. The molecule has 0 saturated heterocycles. The summed E-state index contributed by atoms with van der Waals surface area (Å²) in [5.41, 5.74) is 4.61. The Labute approximate surface area is 100 Å². The van der Waals surface area contributed by atoms with Gasteiger partial charge < -0.3 is 9.72 Å². The van der Waals surface area contributed by atoms with Gasteiger partial charge in [0.25, 0.3) is 0 Å². The lowest BCUT2D eigenvalue weighted by atomic mass is 10.1. The highest BCUT2D eigenvalue weighted by Crippen LogP contribution is 2.22. The van der Waals surface area contributed by atoms with Gasteiger partial charge in [0.15, 0.2) is 0 Å². The highest BCUT2D eigenvalue weighted by molar-refractivity contribution is 5.92. The van der Waals surface area contributed by atoms with E-state index in [-0.39, 0.29) is 5.97 Å². The highest BCUT2D eigenvalue weighted by atomic mass is 16.5. The quantitative estimate of drug-likeness (QED) is 0.804. The third-order valence-corrected chi connectivity index (χ3v) is 2.75. The Bertz CT molecular complexity index is 555. The molecule has 1 aromatic heterocycles. The van der Waals surface area contributed by atoms with Crippen LogP contribution >= 0.6 is 0 Å². The van der Waals surface area contributed by atoms with E-state index in [1.54, 1.807) is 0 Å². The zero-order chi connectivity index (χ0) is 12.4. The van der Waals surface area contributed by atoms with E-state index in [4.69, 9.17) is 4.74 Å². The number of H-pyrrole nitrogens is 1. The van der Waals surface area contributed by atoms with E-state index in [2.05, 4.69) is 11.1 Å². The van der Waals surface area contributed by atoms with E-state index in [1.807, 2.05) is 38.1 Å². The van der Waals surface area contributed by atoms with Crippen molar-refractivity contribution in [3.05, 3.63) is 47.2 Å². The first-order valence-corrected chi connectivity index (χ1v) is 5.47. The van der Waals surface area contributed by atoms with Crippen LogP contribution in [0.2, 0.25) is 0 Å². The number of ether oxygens (including phenoxy) is 1. The highest BCUT2D eigenvalue weighted by Gasteiger charge is 2.13. The Kier molecular flexibility index (Phi) is 3.00. The lowest BCUT2D eigenvalue weighted by Crippen LogP contribution is -2.00. The van der Waals surface area contributed by atoms with E-state index in [0.29, 0.717) is 5.56 Å². The molecule has 0 fully saturated rings. The summed E-state index contributed by atoms with van der Waals surface area (Å²) in [6, 6.07) is 9.96. The minimum atomic E-state index is -0.308. The van der Waals surface area contributed by atoms with Gasteiger partial charge in [0.1, 0.15) is 0 Å². The minimum absolute atomic E-state index is 0.308. The molecule has 0 amide bonds. The maximum Gasteiger partial charge on any atom is 0.339 e. The number of nitrogens with one attached hydrogen (secondary N) is 1. The van der Waals surface area contributed by atoms with Crippen molar-refractivity contribution in [2.45, 2.75) is 13.8 Å². The van der Waals surface area contributed by atoms with Crippen LogP contribution in [-0.4, -0.2) is 18.1 Å². The third kappa shape index (κ3) is 2.23. The van der Waals surface area contributed by atoms with Gasteiger partial charge in [0.2, 0.25) is 0 Å². The Balaban J connectivity index is 2.44. The molecule has 3 nitrogen and oxygen atoms in total. The Morgan fingerprint density at radius 2 is 2.00 bits per heavy atom. The van der Waals surface area contributed by atoms with Crippen LogP contribution in [0.4, 0.5) is 0 Å². The van der Waals surface area contributed by atoms with Crippen molar-refractivity contribution in [2.24, 2.45) is 0 Å². The molecule has 1 heterocycles. The number of aromatic nitrogens is 1. The summed E-state index contributed by atoms with van der Waals surface area (Å²) < 4.78 is 4.73. The van der Waals surface area contributed by atoms with Crippen molar-refractivity contribution >= 4 is 5.97 Å². The Morgan fingerprint density at radius 3 is 2.65 bits per heavy atom. The van der Waals surface area contributed by atoms with Gasteiger partial charge in [-0.05, 0) is 31.5 Å². The van der Waals surface area contributed by atoms with Crippen molar-refractivity contribution in [1.29, 1.82) is 0 Å². The summed E-state index contributed by atoms with van der Waals surface area (Å²) in [6.45, 7) is 3.91. The van der Waals surface area contributed by atoms with E-state index in [0.717, 1.165) is 17.0 Å². The van der Waals surface area contributed by atoms with Gasteiger partial charge in [-0.2, -0.15) is 0 Å². The predicted octanol–water partition coefficient (Wildman–Crippen LogP) is 3.09. The second-order valence-corrected chi connectivity index (χ2v) is 4.08. The largest absolute Gasteiger partial charge is 0.465 e. The number of esters is 1. The number of hydrogen-bond donors (Lipinski definition) is 1. The molecule has 0 saturated carbocycles. The van der Waals surface area contributed by atoms with Gasteiger partial charge in [0, 0.05) is 11.4 Å². The zero-order valence-corrected chi connectivity index (χ0v) is 10.2. The molecule has 3 heteroatoms. The maximum absolute atomic E-state index is 11.5. The molecule has 17 heavy (non-hydrogen) atoms. The van der Waals surface area contributed by atoms with Crippen molar-refractivity contribution in [3.8, 4) is 11.3 Å². The summed E-state index contributed by atoms with van der Waals surface area (Å²) >= 11 is 0. The number of rotatable bonds is 2. The van der Waals surface area contributed by atoms with E-state index in [9.17, 15) is 4.79 Å². The molecule has 0 spiro atoms. The summed E-state index contributed by atoms with van der Waals surface area (Å²) in [6.07, 6.45) is 0. The number of aryl methyl sites for hydroxylation is 2. The number of benzene rings is 1. The van der Waals surface area contributed by atoms with Crippen molar-refractivity contribution in [3.63, 3.8) is 0 Å². The van der Waals surface area contributed by atoms with Crippen LogP contribution in [0, 0.1) is 13.8 Å². The van der Waals surface area contributed by atoms with Crippen LogP contribution in [0.15, 0.2) is 30.3 Å². The molecule has 0 bridgehead atoms. The van der Waals surface area contributed by atoms with Gasteiger partial charge >= 0.3 is 5.97 Å². The fourth-order valence-electron chi connectivity index (χ4n) is 1.85. The third-order valence-electron chi connectivity index (χ3n) is 2.75. The number of aromatic amines is 1. The SMILES string of the molecule is COC(=O)c1cc(-c2cccc(C)c2)[nH]c1C. The summed E-state index contributed by atoms with van der Waals surface area (Å²) in [5, 5.41) is 0. The second-order valence-electron chi connectivity index (χ2n) is 4.08. The average molecular weight is 229 g/mol. The normalized spacial score (nSPS) is 10.3. The van der Waals surface area contributed by atoms with Crippen LogP contribution in [0.5, 0.6) is 0 Å². The molecule has 1 aromatic carbocycles. The standard InChI is InChI=1S/C14H15NO2/c1-9-5-4-6-11(7-9)13-8-12(10(2)15-13)14(16)17-3/h4-8,15H,1-3H3. The smallest absolute Gasteiger partial charge is 0.339 e. The predicted molar refractivity (Wildman–Crippen MR) is 67.0 cm³/mol. The molecule has 0 aliphatic heterocycles. The fourth-order valence-corrected chi connectivity index (χ4v) is 1.85. The lowest BCUT2D eigenvalue weighted by Gasteiger charge is -1.98. The van der Waals surface area contributed by atoms with Gasteiger partial charge in [0.05, 0.1) is 12.7 Å². The van der Waals surface area contributed by atoms with Gasteiger partial charge in [-0.15, -0.1) is 0 Å². The molecule has 1 N–H and O–H groups in total.